The number of hydrogen-bond donors (Lipinski definition) is 0. The lowest BCUT2D eigenvalue weighted by atomic mass is 10.5. The summed E-state index contributed by atoms with van der Waals surface area (Å²) in [6.07, 6.45) is 0.447. The molecule has 0 rings (SSSR count). The predicted octanol–water partition coefficient (Wildman–Crippen LogP) is 0.219. The van der Waals surface area contributed by atoms with Crippen molar-refractivity contribution in [3.8, 4) is 0 Å². The Kier molecular flexibility index (Phi) is 5.16. The number of hydrogen-bond acceptors (Lipinski definition) is 6. The first-order valence-electron chi connectivity index (χ1n) is 3.76. The van der Waals surface area contributed by atoms with E-state index in [4.69, 9.17) is 0 Å². The molecule has 0 fully saturated rings. The molecule has 0 aromatic carbocycles. The Labute approximate surface area is 90.6 Å². The van der Waals surface area contributed by atoms with Gasteiger partial charge in [0, 0.05) is 0 Å². The van der Waals surface area contributed by atoms with E-state index in [0.29, 0.717) is 0 Å². The van der Waals surface area contributed by atoms with E-state index in [2.05, 4.69) is 8.37 Å². The van der Waals surface area contributed by atoms with Crippen molar-refractivity contribution in [1.29, 1.82) is 0 Å². The molecule has 11 heteroatoms. The molecular formula is C5H9F3O6S2. The van der Waals surface area contributed by atoms with Crippen LogP contribution in [-0.2, 0) is 28.6 Å². The van der Waals surface area contributed by atoms with E-state index in [0.717, 1.165) is 6.26 Å². The molecule has 0 aliphatic heterocycles. The molecule has 6 nitrogen and oxygen atoms in total. The van der Waals surface area contributed by atoms with Crippen LogP contribution in [0.4, 0.5) is 13.2 Å². The maximum absolute atomic E-state index is 11.7. The number of halogens is 3. The fourth-order valence-electron chi connectivity index (χ4n) is 0.505. The summed E-state index contributed by atoms with van der Waals surface area (Å²) in [5.74, 6) is 0. The number of alkyl halides is 3. The maximum Gasteiger partial charge on any atom is 0.523 e. The molecule has 0 spiro atoms. The summed E-state index contributed by atoms with van der Waals surface area (Å²) in [6, 6.07) is 0. The van der Waals surface area contributed by atoms with Crippen molar-refractivity contribution in [2.75, 3.05) is 19.5 Å². The molecule has 98 valence electrons. The first kappa shape index (κ1) is 15.6. The minimum Gasteiger partial charge on any atom is -0.270 e. The highest BCUT2D eigenvalue weighted by molar-refractivity contribution is 7.87. The van der Waals surface area contributed by atoms with Gasteiger partial charge in [-0.15, -0.1) is 0 Å². The second-order valence-corrected chi connectivity index (χ2v) is 5.85. The van der Waals surface area contributed by atoms with Crippen molar-refractivity contribution < 1.29 is 38.4 Å². The Morgan fingerprint density at radius 3 is 1.81 bits per heavy atom. The fourth-order valence-corrected chi connectivity index (χ4v) is 1.40. The minimum atomic E-state index is -5.62. The van der Waals surface area contributed by atoms with Crippen LogP contribution in [0.2, 0.25) is 0 Å². The van der Waals surface area contributed by atoms with Gasteiger partial charge in [-0.3, -0.25) is 8.37 Å². The van der Waals surface area contributed by atoms with Gasteiger partial charge in [-0.25, -0.2) is 0 Å². The lowest BCUT2D eigenvalue weighted by molar-refractivity contribution is -0.0544. The van der Waals surface area contributed by atoms with Crippen LogP contribution >= 0.6 is 0 Å². The fraction of sp³-hybridized carbons (Fsp3) is 1.00. The molecule has 16 heavy (non-hydrogen) atoms. The van der Waals surface area contributed by atoms with Gasteiger partial charge >= 0.3 is 15.6 Å². The smallest absolute Gasteiger partial charge is 0.270 e. The van der Waals surface area contributed by atoms with Crippen LogP contribution in [0.15, 0.2) is 0 Å². The average Bonchev–Trinajstić information content (AvgIpc) is 1.98. The Morgan fingerprint density at radius 2 is 1.44 bits per heavy atom. The third-order valence-corrected chi connectivity index (χ3v) is 2.75. The first-order chi connectivity index (χ1) is 6.96. The molecule has 0 aromatic heterocycles. The standard InChI is InChI=1S/C5H9F3O6S2/c1-15(9,10)13-3-2-4-14-16(11,12)5(6,7)8/h2-4H2,1H3. The zero-order chi connectivity index (χ0) is 13.0. The highest BCUT2D eigenvalue weighted by Crippen LogP contribution is 2.24. The molecule has 0 heterocycles. The van der Waals surface area contributed by atoms with Crippen molar-refractivity contribution >= 4 is 20.2 Å². The molecule has 0 aliphatic carbocycles. The van der Waals surface area contributed by atoms with Gasteiger partial charge in [-0.2, -0.15) is 30.0 Å². The molecule has 0 N–H and O–H groups in total. The summed E-state index contributed by atoms with van der Waals surface area (Å²) in [7, 11) is -9.31. The van der Waals surface area contributed by atoms with Gasteiger partial charge in [0.15, 0.2) is 0 Å². The van der Waals surface area contributed by atoms with Gasteiger partial charge in [0.1, 0.15) is 0 Å². The zero-order valence-corrected chi connectivity index (χ0v) is 9.65. The van der Waals surface area contributed by atoms with E-state index in [1.54, 1.807) is 0 Å². The highest BCUT2D eigenvalue weighted by atomic mass is 32.2. The summed E-state index contributed by atoms with van der Waals surface area (Å²) >= 11 is 0. The Morgan fingerprint density at radius 1 is 1.00 bits per heavy atom. The first-order valence-corrected chi connectivity index (χ1v) is 6.98. The summed E-state index contributed by atoms with van der Waals surface area (Å²) < 4.78 is 84.2. The van der Waals surface area contributed by atoms with Crippen molar-refractivity contribution in [3.05, 3.63) is 0 Å². The second kappa shape index (κ2) is 5.29. The molecule has 0 bridgehead atoms. The van der Waals surface area contributed by atoms with Crippen molar-refractivity contribution in [1.82, 2.24) is 0 Å². The monoisotopic (exact) mass is 286 g/mol. The third-order valence-electron chi connectivity index (χ3n) is 1.11. The maximum atomic E-state index is 11.7. The Bertz CT molecular complexity index is 408. The van der Waals surface area contributed by atoms with Gasteiger partial charge in [0.05, 0.1) is 19.5 Å². The van der Waals surface area contributed by atoms with E-state index < -0.39 is 39.0 Å². The van der Waals surface area contributed by atoms with E-state index in [1.807, 2.05) is 0 Å². The van der Waals surface area contributed by atoms with E-state index in [1.165, 1.54) is 0 Å². The summed E-state index contributed by atoms with van der Waals surface area (Å²) in [6.45, 7) is -1.26. The number of rotatable bonds is 6. The van der Waals surface area contributed by atoms with E-state index in [-0.39, 0.29) is 6.42 Å². The second-order valence-electron chi connectivity index (χ2n) is 2.60. The van der Waals surface area contributed by atoms with Crippen LogP contribution in [0.5, 0.6) is 0 Å². The average molecular weight is 286 g/mol. The summed E-state index contributed by atoms with van der Waals surface area (Å²) in [5, 5.41) is 0. The van der Waals surface area contributed by atoms with Crippen LogP contribution in [0.3, 0.4) is 0 Å². The molecule has 0 saturated heterocycles. The Hall–Kier alpha value is -0.390. The van der Waals surface area contributed by atoms with Gasteiger partial charge < -0.3 is 0 Å². The van der Waals surface area contributed by atoms with E-state index in [9.17, 15) is 30.0 Å². The van der Waals surface area contributed by atoms with Gasteiger partial charge in [-0.05, 0) is 6.42 Å². The van der Waals surface area contributed by atoms with Crippen LogP contribution < -0.4 is 0 Å². The molecule has 0 amide bonds. The molecule has 0 atom stereocenters. The minimum absolute atomic E-state index is 0.303. The van der Waals surface area contributed by atoms with Gasteiger partial charge in [-0.1, -0.05) is 0 Å². The van der Waals surface area contributed by atoms with Crippen LogP contribution in [0.25, 0.3) is 0 Å². The SMILES string of the molecule is CS(=O)(=O)OCCCOS(=O)(=O)C(F)(F)F. The molecule has 0 aliphatic rings. The van der Waals surface area contributed by atoms with Crippen molar-refractivity contribution in [2.45, 2.75) is 11.9 Å². The largest absolute Gasteiger partial charge is 0.523 e. The van der Waals surface area contributed by atoms with Crippen LogP contribution in [0, 0.1) is 0 Å². The quantitative estimate of drug-likeness (QED) is 0.394. The van der Waals surface area contributed by atoms with Gasteiger partial charge in [0.25, 0.3) is 10.1 Å². The molecule has 0 saturated carbocycles. The van der Waals surface area contributed by atoms with Crippen LogP contribution in [-0.4, -0.2) is 41.8 Å². The summed E-state index contributed by atoms with van der Waals surface area (Å²) in [4.78, 5) is 0. The lowest BCUT2D eigenvalue weighted by Crippen LogP contribution is -2.26. The predicted molar refractivity (Wildman–Crippen MR) is 46.3 cm³/mol. The molecule has 0 radical (unpaired) electrons. The van der Waals surface area contributed by atoms with Crippen molar-refractivity contribution in [3.63, 3.8) is 0 Å². The lowest BCUT2D eigenvalue weighted by Gasteiger charge is -2.07. The Balaban J connectivity index is 3.94. The molecular weight excluding hydrogens is 277 g/mol. The highest BCUT2D eigenvalue weighted by Gasteiger charge is 2.47. The third kappa shape index (κ3) is 6.25. The van der Waals surface area contributed by atoms with Crippen LogP contribution in [0.1, 0.15) is 6.42 Å². The normalized spacial score (nSPS) is 14.0. The zero-order valence-electron chi connectivity index (χ0n) is 8.02. The van der Waals surface area contributed by atoms with Gasteiger partial charge in [0.2, 0.25) is 0 Å². The molecule has 0 unspecified atom stereocenters. The summed E-state index contributed by atoms with van der Waals surface area (Å²) in [5.41, 5.74) is -5.48. The van der Waals surface area contributed by atoms with E-state index >= 15 is 0 Å². The molecule has 0 aromatic rings. The topological polar surface area (TPSA) is 86.7 Å². The van der Waals surface area contributed by atoms with Crippen molar-refractivity contribution in [2.24, 2.45) is 0 Å².